The lowest BCUT2D eigenvalue weighted by Crippen LogP contribution is -2.08. The van der Waals surface area contributed by atoms with Crippen molar-refractivity contribution in [3.63, 3.8) is 0 Å². The van der Waals surface area contributed by atoms with Crippen LogP contribution in [0.1, 0.15) is 42.9 Å². The molecule has 0 unspecified atom stereocenters. The third-order valence-electron chi connectivity index (χ3n) is 3.27. The molecule has 1 nitrogen and oxygen atoms in total. The van der Waals surface area contributed by atoms with Gasteiger partial charge in [0.15, 0.2) is 0 Å². The Morgan fingerprint density at radius 1 is 1.14 bits per heavy atom. The number of hydrogen-bond acceptors (Lipinski definition) is 1. The molecule has 0 amide bonds. The summed E-state index contributed by atoms with van der Waals surface area (Å²) in [5, 5.41) is 10.1. The van der Waals surface area contributed by atoms with Gasteiger partial charge in [-0.1, -0.05) is 42.7 Å². The minimum absolute atomic E-state index is 0.238. The summed E-state index contributed by atoms with van der Waals surface area (Å²) < 4.78 is 0. The number of aryl methyl sites for hydroxylation is 1. The van der Waals surface area contributed by atoms with E-state index in [0.717, 1.165) is 5.56 Å². The van der Waals surface area contributed by atoms with Crippen LogP contribution in [0.2, 0.25) is 0 Å². The van der Waals surface area contributed by atoms with Crippen LogP contribution in [0.25, 0.3) is 0 Å². The second-order valence-electron chi connectivity index (χ2n) is 4.40. The average Bonchev–Trinajstić information content (AvgIpc) is 2.71. The summed E-state index contributed by atoms with van der Waals surface area (Å²) >= 11 is 0. The van der Waals surface area contributed by atoms with Gasteiger partial charge in [0.2, 0.25) is 0 Å². The lowest BCUT2D eigenvalue weighted by molar-refractivity contribution is 0.111. The number of rotatable bonds is 2. The molecular weight excluding hydrogens is 172 g/mol. The van der Waals surface area contributed by atoms with Crippen molar-refractivity contribution in [1.29, 1.82) is 0 Å². The number of hydrogen-bond donors (Lipinski definition) is 1. The van der Waals surface area contributed by atoms with Crippen LogP contribution >= 0.6 is 0 Å². The first-order valence-electron chi connectivity index (χ1n) is 5.52. The minimum Gasteiger partial charge on any atom is -0.388 e. The Labute approximate surface area is 85.8 Å². The fourth-order valence-electron chi connectivity index (χ4n) is 2.31. The zero-order valence-corrected chi connectivity index (χ0v) is 8.74. The first-order chi connectivity index (χ1) is 6.77. The molecule has 14 heavy (non-hydrogen) atoms. The minimum atomic E-state index is -0.238. The van der Waals surface area contributed by atoms with Crippen LogP contribution in [0.15, 0.2) is 24.3 Å². The lowest BCUT2D eigenvalue weighted by Gasteiger charge is -2.17. The molecule has 1 saturated carbocycles. The summed E-state index contributed by atoms with van der Waals surface area (Å²) in [6.45, 7) is 2.08. The van der Waals surface area contributed by atoms with Crippen molar-refractivity contribution in [2.24, 2.45) is 5.92 Å². The molecule has 1 heteroatoms. The Bertz CT molecular complexity index is 283. The van der Waals surface area contributed by atoms with E-state index in [1.807, 2.05) is 0 Å². The second kappa shape index (κ2) is 4.14. The molecule has 0 heterocycles. The molecule has 0 aromatic heterocycles. The molecular formula is C13H18O. The number of aliphatic hydroxyl groups excluding tert-OH is 1. The van der Waals surface area contributed by atoms with E-state index in [-0.39, 0.29) is 6.10 Å². The van der Waals surface area contributed by atoms with Crippen LogP contribution in [-0.4, -0.2) is 5.11 Å². The molecule has 0 bridgehead atoms. The van der Waals surface area contributed by atoms with Crippen LogP contribution in [0.3, 0.4) is 0 Å². The van der Waals surface area contributed by atoms with Gasteiger partial charge in [-0.05, 0) is 31.2 Å². The lowest BCUT2D eigenvalue weighted by atomic mass is 9.94. The molecule has 1 aromatic carbocycles. The van der Waals surface area contributed by atoms with Crippen molar-refractivity contribution >= 4 is 0 Å². The third-order valence-corrected chi connectivity index (χ3v) is 3.27. The van der Waals surface area contributed by atoms with Gasteiger partial charge in [0.1, 0.15) is 0 Å². The molecule has 0 aliphatic heterocycles. The van der Waals surface area contributed by atoms with Gasteiger partial charge in [0.05, 0.1) is 6.10 Å². The molecule has 0 spiro atoms. The highest BCUT2D eigenvalue weighted by Crippen LogP contribution is 2.35. The van der Waals surface area contributed by atoms with Gasteiger partial charge in [-0.15, -0.1) is 0 Å². The highest BCUT2D eigenvalue weighted by atomic mass is 16.3. The van der Waals surface area contributed by atoms with E-state index in [4.69, 9.17) is 0 Å². The standard InChI is InChI=1S/C13H18O/c1-10-6-8-12(9-7-10)13(14)11-4-2-3-5-11/h6-9,11,13-14H,2-5H2,1H3/t13-/m0/s1. The van der Waals surface area contributed by atoms with Gasteiger partial charge in [-0.25, -0.2) is 0 Å². The monoisotopic (exact) mass is 190 g/mol. The van der Waals surface area contributed by atoms with Crippen LogP contribution in [0, 0.1) is 12.8 Å². The first kappa shape index (κ1) is 9.72. The molecule has 0 saturated heterocycles. The third kappa shape index (κ3) is 1.98. The Hall–Kier alpha value is -0.820. The van der Waals surface area contributed by atoms with Gasteiger partial charge in [-0.3, -0.25) is 0 Å². The Morgan fingerprint density at radius 2 is 1.71 bits per heavy atom. The largest absolute Gasteiger partial charge is 0.388 e. The highest BCUT2D eigenvalue weighted by Gasteiger charge is 2.23. The predicted octanol–water partition coefficient (Wildman–Crippen LogP) is 3.22. The number of aliphatic hydroxyl groups is 1. The molecule has 0 radical (unpaired) electrons. The summed E-state index contributed by atoms with van der Waals surface area (Å²) in [4.78, 5) is 0. The second-order valence-corrected chi connectivity index (χ2v) is 4.40. The van der Waals surface area contributed by atoms with E-state index >= 15 is 0 Å². The highest BCUT2D eigenvalue weighted by molar-refractivity contribution is 5.23. The summed E-state index contributed by atoms with van der Waals surface area (Å²) in [6, 6.07) is 8.26. The van der Waals surface area contributed by atoms with E-state index in [2.05, 4.69) is 31.2 Å². The maximum atomic E-state index is 10.1. The van der Waals surface area contributed by atoms with E-state index in [1.54, 1.807) is 0 Å². The normalized spacial score (nSPS) is 19.9. The van der Waals surface area contributed by atoms with Crippen molar-refractivity contribution in [2.75, 3.05) is 0 Å². The van der Waals surface area contributed by atoms with E-state index in [0.29, 0.717) is 5.92 Å². The van der Waals surface area contributed by atoms with Crippen LogP contribution < -0.4 is 0 Å². The molecule has 1 fully saturated rings. The van der Waals surface area contributed by atoms with E-state index in [9.17, 15) is 5.11 Å². The van der Waals surface area contributed by atoms with Crippen molar-refractivity contribution in [1.82, 2.24) is 0 Å². The molecule has 1 N–H and O–H groups in total. The summed E-state index contributed by atoms with van der Waals surface area (Å²) in [7, 11) is 0. The molecule has 1 atom stereocenters. The zero-order chi connectivity index (χ0) is 9.97. The fraction of sp³-hybridized carbons (Fsp3) is 0.538. The van der Waals surface area contributed by atoms with Crippen LogP contribution in [0.5, 0.6) is 0 Å². The summed E-state index contributed by atoms with van der Waals surface area (Å²) in [5.74, 6) is 0.498. The topological polar surface area (TPSA) is 20.2 Å². The van der Waals surface area contributed by atoms with Crippen molar-refractivity contribution in [3.8, 4) is 0 Å². The van der Waals surface area contributed by atoms with Crippen LogP contribution in [-0.2, 0) is 0 Å². The SMILES string of the molecule is Cc1ccc([C@@H](O)C2CCCC2)cc1. The molecule has 1 aromatic rings. The predicted molar refractivity (Wildman–Crippen MR) is 58.1 cm³/mol. The smallest absolute Gasteiger partial charge is 0.0818 e. The number of benzene rings is 1. The Morgan fingerprint density at radius 3 is 2.29 bits per heavy atom. The Balaban J connectivity index is 2.09. The van der Waals surface area contributed by atoms with Gasteiger partial charge in [0.25, 0.3) is 0 Å². The molecule has 1 aliphatic rings. The van der Waals surface area contributed by atoms with Crippen molar-refractivity contribution in [3.05, 3.63) is 35.4 Å². The first-order valence-corrected chi connectivity index (χ1v) is 5.52. The van der Waals surface area contributed by atoms with Gasteiger partial charge in [0, 0.05) is 0 Å². The van der Waals surface area contributed by atoms with Crippen molar-refractivity contribution < 1.29 is 5.11 Å². The van der Waals surface area contributed by atoms with Crippen LogP contribution in [0.4, 0.5) is 0 Å². The molecule has 76 valence electrons. The Kier molecular flexibility index (Phi) is 2.87. The maximum Gasteiger partial charge on any atom is 0.0818 e. The summed E-state index contributed by atoms with van der Waals surface area (Å²) in [6.07, 6.45) is 4.71. The van der Waals surface area contributed by atoms with Gasteiger partial charge >= 0.3 is 0 Å². The molecule has 1 aliphatic carbocycles. The van der Waals surface area contributed by atoms with Gasteiger partial charge < -0.3 is 5.11 Å². The summed E-state index contributed by atoms with van der Waals surface area (Å²) in [5.41, 5.74) is 2.34. The van der Waals surface area contributed by atoms with Gasteiger partial charge in [-0.2, -0.15) is 0 Å². The average molecular weight is 190 g/mol. The van der Waals surface area contributed by atoms with E-state index < -0.39 is 0 Å². The quantitative estimate of drug-likeness (QED) is 0.759. The van der Waals surface area contributed by atoms with E-state index in [1.165, 1.54) is 31.2 Å². The maximum absolute atomic E-state index is 10.1. The van der Waals surface area contributed by atoms with Crippen molar-refractivity contribution in [2.45, 2.75) is 38.7 Å². The fourth-order valence-corrected chi connectivity index (χ4v) is 2.31. The molecule has 2 rings (SSSR count). The zero-order valence-electron chi connectivity index (χ0n) is 8.74.